The van der Waals surface area contributed by atoms with Crippen molar-refractivity contribution in [2.24, 2.45) is 0 Å². The van der Waals surface area contributed by atoms with Crippen LogP contribution in [-0.4, -0.2) is 89.0 Å². The zero-order valence-electron chi connectivity index (χ0n) is 38.2. The monoisotopic (exact) mass is 851 g/mol. The van der Waals surface area contributed by atoms with Gasteiger partial charge in [-0.1, -0.05) is 179 Å². The Kier molecular flexibility index (Phi) is 38.2. The number of allylic oxidation sites excluding steroid dienone is 6. The fourth-order valence-electron chi connectivity index (χ4n) is 7.35. The van der Waals surface area contributed by atoms with E-state index in [1.165, 1.54) is 135 Å². The van der Waals surface area contributed by atoms with Gasteiger partial charge in [0.2, 0.25) is 0 Å². The third-order valence-corrected chi connectivity index (χ3v) is 11.3. The second-order valence-electron chi connectivity index (χ2n) is 16.9. The van der Waals surface area contributed by atoms with Gasteiger partial charge in [-0.2, -0.15) is 0 Å². The lowest BCUT2D eigenvalue weighted by Crippen LogP contribution is -2.59. The molecule has 1 rings (SSSR count). The van der Waals surface area contributed by atoms with Crippen LogP contribution in [0.3, 0.4) is 0 Å². The molecule has 1 saturated heterocycles. The van der Waals surface area contributed by atoms with Crippen LogP contribution >= 0.6 is 0 Å². The molecule has 60 heavy (non-hydrogen) atoms. The maximum absolute atomic E-state index is 12.7. The zero-order valence-corrected chi connectivity index (χ0v) is 38.2. The summed E-state index contributed by atoms with van der Waals surface area (Å²) in [6, 6.07) is 0. The van der Waals surface area contributed by atoms with E-state index in [4.69, 9.17) is 18.9 Å². The van der Waals surface area contributed by atoms with Gasteiger partial charge in [-0.3, -0.25) is 9.59 Å². The number of aliphatic hydroxyl groups excluding tert-OH is 4. The van der Waals surface area contributed by atoms with Crippen LogP contribution in [0.5, 0.6) is 0 Å². The summed E-state index contributed by atoms with van der Waals surface area (Å²) in [5.41, 5.74) is 0. The lowest BCUT2D eigenvalue weighted by Gasteiger charge is -2.39. The SMILES string of the molecule is CCCCCCCC/C=C/C/C=C/CCC(=O)OC(COC(=O)CCCCCCCCC/C=C/CCCCCCCCCCCCC)CO[C@H]1O[C@@H](CO)[C@@H](O)C(O)C1O. The molecule has 1 heterocycles. The summed E-state index contributed by atoms with van der Waals surface area (Å²) >= 11 is 0. The topological polar surface area (TPSA) is 152 Å². The number of hydrogen-bond acceptors (Lipinski definition) is 10. The van der Waals surface area contributed by atoms with Crippen LogP contribution in [0.4, 0.5) is 0 Å². The first kappa shape index (κ1) is 55.9. The minimum Gasteiger partial charge on any atom is -0.462 e. The minimum absolute atomic E-state index is 0.124. The Hall–Kier alpha value is -2.08. The van der Waals surface area contributed by atoms with Gasteiger partial charge in [-0.15, -0.1) is 0 Å². The Morgan fingerprint density at radius 1 is 0.517 bits per heavy atom. The smallest absolute Gasteiger partial charge is 0.306 e. The lowest BCUT2D eigenvalue weighted by atomic mass is 9.99. The Morgan fingerprint density at radius 3 is 1.47 bits per heavy atom. The van der Waals surface area contributed by atoms with Gasteiger partial charge < -0.3 is 39.4 Å². The molecule has 0 aliphatic carbocycles. The van der Waals surface area contributed by atoms with Crippen molar-refractivity contribution in [1.29, 1.82) is 0 Å². The van der Waals surface area contributed by atoms with Gasteiger partial charge in [0.05, 0.1) is 13.2 Å². The fraction of sp³-hybridized carbons (Fsp3) is 0.840. The zero-order chi connectivity index (χ0) is 43.7. The normalized spacial score (nSPS) is 20.1. The van der Waals surface area contributed by atoms with Crippen molar-refractivity contribution in [2.75, 3.05) is 19.8 Å². The van der Waals surface area contributed by atoms with E-state index in [1.807, 2.05) is 12.2 Å². The summed E-state index contributed by atoms with van der Waals surface area (Å²) in [6.07, 6.45) is 40.3. The highest BCUT2D eigenvalue weighted by molar-refractivity contribution is 5.70. The average Bonchev–Trinajstić information content (AvgIpc) is 3.25. The van der Waals surface area contributed by atoms with Crippen molar-refractivity contribution in [3.05, 3.63) is 36.5 Å². The molecule has 350 valence electrons. The predicted octanol–water partition coefficient (Wildman–Crippen LogP) is 11.1. The summed E-state index contributed by atoms with van der Waals surface area (Å²) in [4.78, 5) is 25.3. The molecule has 1 aliphatic rings. The van der Waals surface area contributed by atoms with Crippen LogP contribution in [0, 0.1) is 0 Å². The van der Waals surface area contributed by atoms with Crippen molar-refractivity contribution in [3.8, 4) is 0 Å². The van der Waals surface area contributed by atoms with Gasteiger partial charge in [-0.05, 0) is 57.8 Å². The van der Waals surface area contributed by atoms with Crippen molar-refractivity contribution in [3.63, 3.8) is 0 Å². The molecule has 3 unspecified atom stereocenters. The molecule has 0 amide bonds. The van der Waals surface area contributed by atoms with Gasteiger partial charge in [-0.25, -0.2) is 0 Å². The molecule has 0 aromatic heterocycles. The summed E-state index contributed by atoms with van der Waals surface area (Å²) < 4.78 is 22.1. The second-order valence-corrected chi connectivity index (χ2v) is 16.9. The molecule has 6 atom stereocenters. The summed E-state index contributed by atoms with van der Waals surface area (Å²) in [6.45, 7) is 3.37. The molecular formula is C50H90O10. The molecule has 0 aromatic rings. The third-order valence-electron chi connectivity index (χ3n) is 11.3. The van der Waals surface area contributed by atoms with E-state index in [-0.39, 0.29) is 26.1 Å². The largest absolute Gasteiger partial charge is 0.462 e. The van der Waals surface area contributed by atoms with Crippen LogP contribution in [0.2, 0.25) is 0 Å². The minimum atomic E-state index is -1.60. The summed E-state index contributed by atoms with van der Waals surface area (Å²) in [5, 5.41) is 40.1. The molecule has 4 N–H and O–H groups in total. The Balaban J connectivity index is 2.27. The number of unbranched alkanes of at least 4 members (excludes halogenated alkanes) is 24. The number of esters is 2. The first-order chi connectivity index (χ1) is 29.3. The average molecular weight is 851 g/mol. The molecule has 0 saturated carbocycles. The quantitative estimate of drug-likeness (QED) is 0.0266. The molecule has 10 heteroatoms. The van der Waals surface area contributed by atoms with Gasteiger partial charge in [0, 0.05) is 12.8 Å². The molecule has 1 aliphatic heterocycles. The van der Waals surface area contributed by atoms with Crippen molar-refractivity contribution in [2.45, 2.75) is 250 Å². The summed E-state index contributed by atoms with van der Waals surface area (Å²) in [5.74, 6) is -0.886. The van der Waals surface area contributed by atoms with Gasteiger partial charge in [0.1, 0.15) is 31.0 Å². The molecule has 10 nitrogen and oxygen atoms in total. The predicted molar refractivity (Wildman–Crippen MR) is 242 cm³/mol. The van der Waals surface area contributed by atoms with Gasteiger partial charge >= 0.3 is 11.9 Å². The number of aliphatic hydroxyl groups is 4. The lowest BCUT2D eigenvalue weighted by molar-refractivity contribution is -0.305. The molecule has 0 aromatic carbocycles. The van der Waals surface area contributed by atoms with E-state index in [9.17, 15) is 30.0 Å². The van der Waals surface area contributed by atoms with E-state index in [0.29, 0.717) is 12.8 Å². The van der Waals surface area contributed by atoms with Gasteiger partial charge in [0.15, 0.2) is 12.4 Å². The second kappa shape index (κ2) is 41.0. The highest BCUT2D eigenvalue weighted by Crippen LogP contribution is 2.23. The van der Waals surface area contributed by atoms with Crippen LogP contribution in [0.1, 0.15) is 213 Å². The molecule has 0 spiro atoms. The molecular weight excluding hydrogens is 761 g/mol. The number of hydrogen-bond donors (Lipinski definition) is 4. The highest BCUT2D eigenvalue weighted by atomic mass is 16.7. The van der Waals surface area contributed by atoms with Crippen LogP contribution < -0.4 is 0 Å². The van der Waals surface area contributed by atoms with E-state index in [0.717, 1.165) is 38.5 Å². The highest BCUT2D eigenvalue weighted by Gasteiger charge is 2.44. The Labute approximate surface area is 366 Å². The fourth-order valence-corrected chi connectivity index (χ4v) is 7.35. The number of carbonyl (C=O) groups excluding carboxylic acids is 2. The van der Waals surface area contributed by atoms with Crippen LogP contribution in [0.15, 0.2) is 36.5 Å². The first-order valence-electron chi connectivity index (χ1n) is 24.6. The standard InChI is InChI=1S/C50H90O10/c1-3-5-7-9-11-13-15-17-18-19-20-21-22-23-24-25-27-28-30-32-34-36-38-45(52)57-41-43(42-58-50-49(56)48(55)47(54)44(40-51)60-50)59-46(53)39-37-35-33-31-29-26-16-14-12-10-8-6-4-2/h22-23,26,29,33,35,43-44,47-51,54-56H,3-21,24-25,27-28,30-32,34,36-42H2,1-2H3/b23-22+,29-26+,35-33+/t43?,44-,47+,48?,49?,50-/m0/s1. The summed E-state index contributed by atoms with van der Waals surface area (Å²) in [7, 11) is 0. The number of carbonyl (C=O) groups is 2. The van der Waals surface area contributed by atoms with Crippen molar-refractivity contribution in [1.82, 2.24) is 0 Å². The first-order valence-corrected chi connectivity index (χ1v) is 24.6. The molecule has 1 fully saturated rings. The van der Waals surface area contributed by atoms with E-state index in [2.05, 4.69) is 38.2 Å². The molecule has 0 radical (unpaired) electrons. The van der Waals surface area contributed by atoms with Crippen molar-refractivity contribution < 1.29 is 49.0 Å². The number of rotatable bonds is 41. The number of ether oxygens (including phenoxy) is 4. The van der Waals surface area contributed by atoms with Crippen LogP contribution in [0.25, 0.3) is 0 Å². The van der Waals surface area contributed by atoms with E-state index >= 15 is 0 Å². The maximum atomic E-state index is 12.7. The van der Waals surface area contributed by atoms with E-state index < -0.39 is 55.4 Å². The van der Waals surface area contributed by atoms with E-state index in [1.54, 1.807) is 0 Å². The van der Waals surface area contributed by atoms with Gasteiger partial charge in [0.25, 0.3) is 0 Å². The van der Waals surface area contributed by atoms with Crippen LogP contribution in [-0.2, 0) is 28.5 Å². The molecule has 0 bridgehead atoms. The van der Waals surface area contributed by atoms with Crippen molar-refractivity contribution >= 4 is 11.9 Å². The Morgan fingerprint density at radius 2 is 0.967 bits per heavy atom. The Bertz CT molecular complexity index is 1080. The third kappa shape index (κ3) is 31.7. The maximum Gasteiger partial charge on any atom is 0.306 e.